The molecule has 1 heterocycles. The molecule has 1 aliphatic rings. The van der Waals surface area contributed by atoms with E-state index in [0.717, 1.165) is 22.4 Å². The van der Waals surface area contributed by atoms with Gasteiger partial charge in [-0.1, -0.05) is 72.8 Å². The fraction of sp³-hybridized carbons (Fsp3) is 0.240. The van der Waals surface area contributed by atoms with Crippen molar-refractivity contribution in [2.75, 3.05) is 6.54 Å². The molecule has 0 aliphatic carbocycles. The number of benzene rings is 3. The quantitative estimate of drug-likeness (QED) is 0.612. The van der Waals surface area contributed by atoms with E-state index in [0.29, 0.717) is 19.7 Å². The first-order valence-corrected chi connectivity index (χ1v) is 9.94. The van der Waals surface area contributed by atoms with Gasteiger partial charge in [0.2, 0.25) is 0 Å². The van der Waals surface area contributed by atoms with E-state index in [1.165, 1.54) is 0 Å². The summed E-state index contributed by atoms with van der Waals surface area (Å²) in [4.78, 5) is 14.4. The van der Waals surface area contributed by atoms with Gasteiger partial charge < -0.3 is 14.4 Å². The number of nitrogens with zero attached hydrogens (tertiary/aromatic N) is 1. The lowest BCUT2D eigenvalue weighted by molar-refractivity contribution is -0.161. The minimum Gasteiger partial charge on any atom is -0.489 e. The highest BCUT2D eigenvalue weighted by Crippen LogP contribution is 2.28. The van der Waals surface area contributed by atoms with Crippen LogP contribution in [-0.4, -0.2) is 23.5 Å². The Morgan fingerprint density at radius 2 is 1.52 bits per heavy atom. The number of morpholine rings is 1. The molecule has 2 atom stereocenters. The molecule has 29 heavy (non-hydrogen) atoms. The molecular formula is C25H25NO3. The summed E-state index contributed by atoms with van der Waals surface area (Å²) in [6.07, 6.45) is -0.596. The maximum Gasteiger partial charge on any atom is 0.251 e. The molecule has 4 rings (SSSR count). The zero-order valence-electron chi connectivity index (χ0n) is 16.5. The normalized spacial score (nSPS) is 19.2. The average molecular weight is 387 g/mol. The summed E-state index contributed by atoms with van der Waals surface area (Å²) in [7, 11) is 0. The highest BCUT2D eigenvalue weighted by molar-refractivity contribution is 5.81. The second-order valence-corrected chi connectivity index (χ2v) is 7.31. The van der Waals surface area contributed by atoms with Crippen molar-refractivity contribution in [3.8, 4) is 5.75 Å². The molecule has 0 N–H and O–H groups in total. The van der Waals surface area contributed by atoms with Gasteiger partial charge in [0.15, 0.2) is 0 Å². The predicted octanol–water partition coefficient (Wildman–Crippen LogP) is 4.75. The summed E-state index contributed by atoms with van der Waals surface area (Å²) in [5.74, 6) is 0.853. The van der Waals surface area contributed by atoms with Crippen LogP contribution in [0.2, 0.25) is 0 Å². The Balaban J connectivity index is 1.41. The third kappa shape index (κ3) is 4.84. The molecular weight excluding hydrogens is 362 g/mol. The SMILES string of the molecule is CC1OC(c2ccc(OCc3ccccc3)cc2)CN(Cc2ccccc2)C1=O. The molecule has 1 fully saturated rings. The van der Waals surface area contributed by atoms with E-state index in [4.69, 9.17) is 9.47 Å². The van der Waals surface area contributed by atoms with Gasteiger partial charge in [-0.2, -0.15) is 0 Å². The molecule has 4 heteroatoms. The number of rotatable bonds is 6. The lowest BCUT2D eigenvalue weighted by atomic mass is 10.1. The maximum absolute atomic E-state index is 12.6. The first-order valence-electron chi connectivity index (χ1n) is 9.94. The van der Waals surface area contributed by atoms with Crippen LogP contribution < -0.4 is 4.74 Å². The van der Waals surface area contributed by atoms with Crippen molar-refractivity contribution >= 4 is 5.91 Å². The number of ether oxygens (including phenoxy) is 2. The summed E-state index contributed by atoms with van der Waals surface area (Å²) >= 11 is 0. The molecule has 1 amide bonds. The van der Waals surface area contributed by atoms with Crippen molar-refractivity contribution in [2.45, 2.75) is 32.3 Å². The zero-order chi connectivity index (χ0) is 20.1. The Morgan fingerprint density at radius 1 is 0.897 bits per heavy atom. The first-order chi connectivity index (χ1) is 14.2. The van der Waals surface area contributed by atoms with Gasteiger partial charge in [0.25, 0.3) is 5.91 Å². The molecule has 0 aromatic heterocycles. The number of carbonyl (C=O) groups excluding carboxylic acids is 1. The third-order valence-electron chi connectivity index (χ3n) is 5.13. The van der Waals surface area contributed by atoms with Crippen molar-refractivity contribution in [3.63, 3.8) is 0 Å². The van der Waals surface area contributed by atoms with Gasteiger partial charge in [0, 0.05) is 6.54 Å². The van der Waals surface area contributed by atoms with Crippen LogP contribution in [0.25, 0.3) is 0 Å². The van der Waals surface area contributed by atoms with Gasteiger partial charge in [-0.3, -0.25) is 4.79 Å². The Labute approximate surface area is 171 Å². The molecule has 148 valence electrons. The number of hydrogen-bond donors (Lipinski definition) is 0. The molecule has 0 saturated carbocycles. The summed E-state index contributed by atoms with van der Waals surface area (Å²) < 4.78 is 11.9. The monoisotopic (exact) mass is 387 g/mol. The summed E-state index contributed by atoms with van der Waals surface area (Å²) in [6, 6.07) is 28.1. The van der Waals surface area contributed by atoms with Crippen molar-refractivity contribution in [1.29, 1.82) is 0 Å². The third-order valence-corrected chi connectivity index (χ3v) is 5.13. The number of amides is 1. The molecule has 4 nitrogen and oxygen atoms in total. The van der Waals surface area contributed by atoms with Crippen LogP contribution in [0, 0.1) is 0 Å². The van der Waals surface area contributed by atoms with Crippen LogP contribution in [0.1, 0.15) is 29.7 Å². The van der Waals surface area contributed by atoms with Gasteiger partial charge in [-0.15, -0.1) is 0 Å². The van der Waals surface area contributed by atoms with Crippen LogP contribution in [0.3, 0.4) is 0 Å². The van der Waals surface area contributed by atoms with E-state index in [1.807, 2.05) is 96.8 Å². The van der Waals surface area contributed by atoms with Crippen molar-refractivity contribution in [1.82, 2.24) is 4.90 Å². The van der Waals surface area contributed by atoms with Crippen molar-refractivity contribution < 1.29 is 14.3 Å². The van der Waals surface area contributed by atoms with Crippen molar-refractivity contribution in [3.05, 3.63) is 102 Å². The molecule has 0 radical (unpaired) electrons. The standard InChI is InChI=1S/C25H25NO3/c1-19-25(27)26(16-20-8-4-2-5-9-20)17-24(29-19)22-12-14-23(15-13-22)28-18-21-10-6-3-7-11-21/h2-15,19,24H,16-18H2,1H3. The summed E-state index contributed by atoms with van der Waals surface area (Å²) in [6.45, 7) is 3.50. The van der Waals surface area contributed by atoms with E-state index in [-0.39, 0.29) is 12.0 Å². The van der Waals surface area contributed by atoms with Gasteiger partial charge in [-0.05, 0) is 35.7 Å². The van der Waals surface area contributed by atoms with Crippen LogP contribution in [0.4, 0.5) is 0 Å². The van der Waals surface area contributed by atoms with Gasteiger partial charge in [0.05, 0.1) is 6.54 Å². The Hall–Kier alpha value is -3.11. The second-order valence-electron chi connectivity index (χ2n) is 7.31. The molecule has 0 bridgehead atoms. The van der Waals surface area contributed by atoms with E-state index in [2.05, 4.69) is 0 Å². The van der Waals surface area contributed by atoms with Gasteiger partial charge in [-0.25, -0.2) is 0 Å². The summed E-state index contributed by atoms with van der Waals surface area (Å²) in [5, 5.41) is 0. The largest absolute Gasteiger partial charge is 0.489 e. The number of carbonyl (C=O) groups is 1. The molecule has 2 unspecified atom stereocenters. The van der Waals surface area contributed by atoms with Crippen LogP contribution in [0.15, 0.2) is 84.9 Å². The molecule has 3 aromatic carbocycles. The first kappa shape index (κ1) is 19.2. The topological polar surface area (TPSA) is 38.8 Å². The summed E-state index contributed by atoms with van der Waals surface area (Å²) in [5.41, 5.74) is 3.31. The van der Waals surface area contributed by atoms with E-state index in [9.17, 15) is 4.79 Å². The van der Waals surface area contributed by atoms with Crippen LogP contribution in [0.5, 0.6) is 5.75 Å². The predicted molar refractivity (Wildman–Crippen MR) is 112 cm³/mol. The van der Waals surface area contributed by atoms with Crippen LogP contribution >= 0.6 is 0 Å². The highest BCUT2D eigenvalue weighted by atomic mass is 16.5. The van der Waals surface area contributed by atoms with Crippen LogP contribution in [-0.2, 0) is 22.7 Å². The Morgan fingerprint density at radius 3 is 2.17 bits per heavy atom. The molecule has 1 saturated heterocycles. The lowest BCUT2D eigenvalue weighted by Crippen LogP contribution is -2.47. The molecule has 1 aliphatic heterocycles. The van der Waals surface area contributed by atoms with Gasteiger partial charge >= 0.3 is 0 Å². The average Bonchev–Trinajstić information content (AvgIpc) is 2.77. The fourth-order valence-corrected chi connectivity index (χ4v) is 3.54. The zero-order valence-corrected chi connectivity index (χ0v) is 16.5. The molecule has 0 spiro atoms. The van der Waals surface area contributed by atoms with Gasteiger partial charge in [0.1, 0.15) is 24.6 Å². The number of hydrogen-bond acceptors (Lipinski definition) is 3. The molecule has 3 aromatic rings. The van der Waals surface area contributed by atoms with Crippen molar-refractivity contribution in [2.24, 2.45) is 0 Å². The minimum absolute atomic E-state index is 0.0351. The van der Waals surface area contributed by atoms with E-state index >= 15 is 0 Å². The second kappa shape index (κ2) is 8.93. The smallest absolute Gasteiger partial charge is 0.251 e. The van der Waals surface area contributed by atoms with E-state index < -0.39 is 6.10 Å². The van der Waals surface area contributed by atoms with E-state index in [1.54, 1.807) is 0 Å². The highest BCUT2D eigenvalue weighted by Gasteiger charge is 2.33. The Bertz CT molecular complexity index is 925. The maximum atomic E-state index is 12.6. The fourth-order valence-electron chi connectivity index (χ4n) is 3.54. The minimum atomic E-state index is -0.452. The Kier molecular flexibility index (Phi) is 5.92. The lowest BCUT2D eigenvalue weighted by Gasteiger charge is -2.36.